The summed E-state index contributed by atoms with van der Waals surface area (Å²) in [6.07, 6.45) is 5.75. The van der Waals surface area contributed by atoms with Crippen LogP contribution < -0.4 is 16.0 Å². The van der Waals surface area contributed by atoms with Gasteiger partial charge in [0, 0.05) is 58.4 Å². The third-order valence-electron chi connectivity index (χ3n) is 4.78. The molecule has 1 atom stereocenters. The summed E-state index contributed by atoms with van der Waals surface area (Å²) >= 11 is 0. The summed E-state index contributed by atoms with van der Waals surface area (Å²) < 4.78 is 5.59. The van der Waals surface area contributed by atoms with Crippen LogP contribution in [-0.4, -0.2) is 74.7 Å². The molecule has 7 heteroatoms. The molecule has 0 saturated carbocycles. The summed E-state index contributed by atoms with van der Waals surface area (Å²) in [4.78, 5) is 17.0. The van der Waals surface area contributed by atoms with E-state index < -0.39 is 0 Å². The smallest absolute Gasteiger partial charge is 0.267 e. The van der Waals surface area contributed by atoms with Gasteiger partial charge >= 0.3 is 0 Å². The summed E-state index contributed by atoms with van der Waals surface area (Å²) in [6, 6.07) is 3.80. The average molecular weight is 359 g/mol. The molecular formula is C19H29N5O2. The van der Waals surface area contributed by atoms with E-state index in [0.717, 1.165) is 50.6 Å². The zero-order valence-corrected chi connectivity index (χ0v) is 15.6. The maximum absolute atomic E-state index is 12.6. The first-order valence-corrected chi connectivity index (χ1v) is 9.34. The van der Waals surface area contributed by atoms with E-state index in [0.29, 0.717) is 12.2 Å². The van der Waals surface area contributed by atoms with Gasteiger partial charge in [0.15, 0.2) is 0 Å². The van der Waals surface area contributed by atoms with Gasteiger partial charge in [-0.3, -0.25) is 9.69 Å². The van der Waals surface area contributed by atoms with Gasteiger partial charge in [-0.15, -0.1) is 0 Å². The molecule has 3 rings (SSSR count). The Morgan fingerprint density at radius 1 is 1.27 bits per heavy atom. The lowest BCUT2D eigenvalue weighted by molar-refractivity contribution is -0.119. The van der Waals surface area contributed by atoms with Crippen LogP contribution >= 0.6 is 0 Å². The number of nitrogens with zero attached hydrogens (tertiary/aromatic N) is 2. The van der Waals surface area contributed by atoms with Crippen LogP contribution in [0.2, 0.25) is 0 Å². The number of likely N-dealkylation sites (N-methyl/N-ethyl adjacent to an activating group) is 2. The number of carbonyl (C=O) groups excluding carboxylic acids is 1. The van der Waals surface area contributed by atoms with Gasteiger partial charge in [-0.05, 0) is 31.2 Å². The Labute approximate surface area is 155 Å². The van der Waals surface area contributed by atoms with Gasteiger partial charge in [0.1, 0.15) is 17.6 Å². The molecule has 0 radical (unpaired) electrons. The first-order chi connectivity index (χ1) is 12.7. The fourth-order valence-electron chi connectivity index (χ4n) is 3.38. The van der Waals surface area contributed by atoms with E-state index in [1.807, 2.05) is 32.2 Å². The highest BCUT2D eigenvalue weighted by Crippen LogP contribution is 2.28. The highest BCUT2D eigenvalue weighted by atomic mass is 16.3. The Morgan fingerprint density at radius 3 is 2.62 bits per heavy atom. The molecule has 1 aromatic heterocycles. The van der Waals surface area contributed by atoms with Crippen LogP contribution in [0, 0.1) is 0 Å². The van der Waals surface area contributed by atoms with Crippen LogP contribution in [0.25, 0.3) is 5.57 Å². The van der Waals surface area contributed by atoms with Crippen molar-refractivity contribution in [3.05, 3.63) is 42.0 Å². The number of amides is 1. The zero-order chi connectivity index (χ0) is 18.4. The monoisotopic (exact) mass is 359 g/mol. The van der Waals surface area contributed by atoms with Crippen molar-refractivity contribution in [2.45, 2.75) is 13.1 Å². The van der Waals surface area contributed by atoms with Crippen molar-refractivity contribution in [3.63, 3.8) is 0 Å². The normalized spacial score (nSPS) is 22.7. The maximum Gasteiger partial charge on any atom is 0.267 e. The van der Waals surface area contributed by atoms with Crippen LogP contribution in [0.1, 0.15) is 12.7 Å². The molecule has 1 aromatic rings. The average Bonchev–Trinajstić information content (AvgIpc) is 3.20. The van der Waals surface area contributed by atoms with Gasteiger partial charge in [0.05, 0.1) is 6.26 Å². The van der Waals surface area contributed by atoms with E-state index >= 15 is 0 Å². The molecule has 142 valence electrons. The van der Waals surface area contributed by atoms with Gasteiger partial charge in [-0.2, -0.15) is 0 Å². The molecule has 1 fully saturated rings. The molecule has 7 nitrogen and oxygen atoms in total. The minimum absolute atomic E-state index is 0.000550. The van der Waals surface area contributed by atoms with E-state index in [2.05, 4.69) is 31.8 Å². The molecule has 3 heterocycles. The minimum atomic E-state index is -0.0577. The molecule has 1 saturated heterocycles. The minimum Gasteiger partial charge on any atom is -0.464 e. The van der Waals surface area contributed by atoms with Gasteiger partial charge in [-0.1, -0.05) is 0 Å². The molecule has 26 heavy (non-hydrogen) atoms. The third kappa shape index (κ3) is 4.35. The zero-order valence-electron chi connectivity index (χ0n) is 15.6. The lowest BCUT2D eigenvalue weighted by Crippen LogP contribution is -2.51. The van der Waals surface area contributed by atoms with Gasteiger partial charge in [-0.25, -0.2) is 0 Å². The fraction of sp³-hybridized carbons (Fsp3) is 0.526. The Kier molecular flexibility index (Phi) is 6.49. The molecule has 0 spiro atoms. The summed E-state index contributed by atoms with van der Waals surface area (Å²) in [5.41, 5.74) is 1.60. The summed E-state index contributed by atoms with van der Waals surface area (Å²) in [5.74, 6) is 0.725. The van der Waals surface area contributed by atoms with Crippen molar-refractivity contribution >= 4 is 11.5 Å². The first kappa shape index (κ1) is 18.7. The molecule has 1 amide bonds. The van der Waals surface area contributed by atoms with Crippen LogP contribution in [0.3, 0.4) is 0 Å². The van der Waals surface area contributed by atoms with Crippen molar-refractivity contribution < 1.29 is 9.21 Å². The highest BCUT2D eigenvalue weighted by molar-refractivity contribution is 5.96. The number of nitrogens with one attached hydrogen (secondary N) is 3. The van der Waals surface area contributed by atoms with E-state index in [1.54, 1.807) is 6.26 Å². The standard InChI is InChI=1S/C19H29N5O2/c1-3-22-19(25)16-13-15(17-5-4-12-26-17)14-18(23(16)2)24-10-8-20-6-7-21-9-11-24/h4-5,12-14,18,20-21H,3,6-11H2,1-2H3,(H,22,25). The number of hydrogen-bond acceptors (Lipinski definition) is 6. The number of allylic oxidation sites excluding steroid dienone is 2. The summed E-state index contributed by atoms with van der Waals surface area (Å²) in [5, 5.41) is 9.81. The second-order valence-corrected chi connectivity index (χ2v) is 6.55. The second kappa shape index (κ2) is 9.02. The van der Waals surface area contributed by atoms with Gasteiger partial charge in [0.2, 0.25) is 0 Å². The van der Waals surface area contributed by atoms with E-state index in [9.17, 15) is 4.79 Å². The number of furan rings is 1. The van der Waals surface area contributed by atoms with E-state index in [-0.39, 0.29) is 12.1 Å². The lowest BCUT2D eigenvalue weighted by Gasteiger charge is -2.40. The largest absolute Gasteiger partial charge is 0.464 e. The maximum atomic E-state index is 12.6. The quantitative estimate of drug-likeness (QED) is 0.725. The molecule has 2 aliphatic heterocycles. The molecule has 0 aliphatic carbocycles. The Morgan fingerprint density at radius 2 is 2.00 bits per heavy atom. The second-order valence-electron chi connectivity index (χ2n) is 6.55. The van der Waals surface area contributed by atoms with Crippen LogP contribution in [0.4, 0.5) is 0 Å². The fourth-order valence-corrected chi connectivity index (χ4v) is 3.38. The van der Waals surface area contributed by atoms with Crippen molar-refractivity contribution in [1.82, 2.24) is 25.8 Å². The van der Waals surface area contributed by atoms with E-state index in [4.69, 9.17) is 4.42 Å². The summed E-state index contributed by atoms with van der Waals surface area (Å²) in [7, 11) is 1.98. The van der Waals surface area contributed by atoms with Crippen molar-refractivity contribution in [2.24, 2.45) is 0 Å². The number of rotatable bonds is 4. The third-order valence-corrected chi connectivity index (χ3v) is 4.78. The van der Waals surface area contributed by atoms with Crippen molar-refractivity contribution in [3.8, 4) is 0 Å². The molecule has 1 unspecified atom stereocenters. The summed E-state index contributed by atoms with van der Waals surface area (Å²) in [6.45, 7) is 8.18. The Balaban J connectivity index is 1.89. The van der Waals surface area contributed by atoms with Gasteiger partial charge in [0.25, 0.3) is 5.91 Å². The molecule has 3 N–H and O–H groups in total. The first-order valence-electron chi connectivity index (χ1n) is 9.34. The van der Waals surface area contributed by atoms with E-state index in [1.165, 1.54) is 0 Å². The number of hydrogen-bond donors (Lipinski definition) is 3. The SMILES string of the molecule is CCNC(=O)C1=CC(c2ccco2)=CC(N2CCNCCNCC2)N1C. The van der Waals surface area contributed by atoms with Gasteiger partial charge < -0.3 is 25.3 Å². The Bertz CT molecular complexity index is 643. The number of carbonyl (C=O) groups is 1. The molecule has 2 aliphatic rings. The highest BCUT2D eigenvalue weighted by Gasteiger charge is 2.30. The van der Waals surface area contributed by atoms with Crippen LogP contribution in [0.5, 0.6) is 0 Å². The molecule has 0 bridgehead atoms. The van der Waals surface area contributed by atoms with Crippen LogP contribution in [0.15, 0.2) is 40.7 Å². The van der Waals surface area contributed by atoms with Crippen LogP contribution in [-0.2, 0) is 4.79 Å². The Hall–Kier alpha value is -2.09. The lowest BCUT2D eigenvalue weighted by atomic mass is 10.0. The molecular weight excluding hydrogens is 330 g/mol. The van der Waals surface area contributed by atoms with Crippen molar-refractivity contribution in [2.75, 3.05) is 52.9 Å². The van der Waals surface area contributed by atoms with Crippen molar-refractivity contribution in [1.29, 1.82) is 0 Å². The molecule has 0 aromatic carbocycles. The predicted octanol–water partition coefficient (Wildman–Crippen LogP) is 0.449. The predicted molar refractivity (Wildman–Crippen MR) is 102 cm³/mol. The topological polar surface area (TPSA) is 72.8 Å².